The normalized spacial score (nSPS) is 20.4. The van der Waals surface area contributed by atoms with Gasteiger partial charge in [0.25, 0.3) is 10.0 Å². The van der Waals surface area contributed by atoms with Gasteiger partial charge < -0.3 is 11.1 Å². The van der Waals surface area contributed by atoms with Gasteiger partial charge in [-0.2, -0.15) is 4.31 Å². The molecule has 0 saturated carbocycles. The minimum absolute atomic E-state index is 0.135. The quantitative estimate of drug-likeness (QED) is 0.823. The number of nitrogens with zero attached hydrogens (tertiary/aromatic N) is 1. The van der Waals surface area contributed by atoms with Crippen LogP contribution >= 0.6 is 22.9 Å². The van der Waals surface area contributed by atoms with Crippen molar-refractivity contribution in [2.75, 3.05) is 26.2 Å². The van der Waals surface area contributed by atoms with Crippen molar-refractivity contribution in [3.63, 3.8) is 0 Å². The zero-order valence-electron chi connectivity index (χ0n) is 11.4. The minimum Gasteiger partial charge on any atom is -0.355 e. The average Bonchev–Trinajstić information content (AvgIpc) is 2.92. The number of hydrogen-bond donors (Lipinski definition) is 2. The Bertz CT molecular complexity index is 603. The molecule has 1 saturated heterocycles. The minimum atomic E-state index is -3.57. The van der Waals surface area contributed by atoms with E-state index in [2.05, 4.69) is 5.32 Å². The molecule has 1 atom stereocenters. The van der Waals surface area contributed by atoms with E-state index in [1.807, 2.05) is 0 Å². The fourth-order valence-corrected chi connectivity index (χ4v) is 5.44. The highest BCUT2D eigenvalue weighted by Crippen LogP contribution is 2.30. The van der Waals surface area contributed by atoms with Crippen molar-refractivity contribution in [1.29, 1.82) is 0 Å². The Morgan fingerprint density at radius 2 is 2.29 bits per heavy atom. The number of amides is 1. The van der Waals surface area contributed by atoms with E-state index >= 15 is 0 Å². The molecule has 1 aliphatic heterocycles. The van der Waals surface area contributed by atoms with E-state index in [-0.39, 0.29) is 22.6 Å². The predicted molar refractivity (Wildman–Crippen MR) is 82.9 cm³/mol. The number of nitrogens with one attached hydrogen (secondary N) is 1. The molecule has 2 rings (SSSR count). The summed E-state index contributed by atoms with van der Waals surface area (Å²) >= 11 is 6.83. The van der Waals surface area contributed by atoms with Crippen LogP contribution in [0.1, 0.15) is 12.8 Å². The highest BCUT2D eigenvalue weighted by molar-refractivity contribution is 7.91. The van der Waals surface area contributed by atoms with Crippen LogP contribution in [0.15, 0.2) is 16.3 Å². The lowest BCUT2D eigenvalue weighted by atomic mass is 9.99. The summed E-state index contributed by atoms with van der Waals surface area (Å²) in [4.78, 5) is 12.0. The second kappa shape index (κ2) is 7.06. The summed E-state index contributed by atoms with van der Waals surface area (Å²) in [6.07, 6.45) is 1.35. The predicted octanol–water partition coefficient (Wildman–Crippen LogP) is 0.877. The number of thiophene rings is 1. The molecule has 0 radical (unpaired) electrons. The van der Waals surface area contributed by atoms with Crippen molar-refractivity contribution in [3.8, 4) is 0 Å². The first kappa shape index (κ1) is 16.7. The van der Waals surface area contributed by atoms with Gasteiger partial charge in [0.15, 0.2) is 0 Å². The Morgan fingerprint density at radius 3 is 2.90 bits per heavy atom. The topological polar surface area (TPSA) is 92.5 Å². The first-order valence-corrected chi connectivity index (χ1v) is 9.32. The van der Waals surface area contributed by atoms with Crippen LogP contribution in [0.3, 0.4) is 0 Å². The molecule has 3 N–H and O–H groups in total. The van der Waals surface area contributed by atoms with Crippen molar-refractivity contribution >= 4 is 38.9 Å². The number of carbonyl (C=O) groups excluding carboxylic acids is 1. The molecule has 9 heteroatoms. The average molecular weight is 352 g/mol. The second-order valence-corrected chi connectivity index (χ2v) is 8.72. The number of sulfonamides is 1. The fourth-order valence-electron chi connectivity index (χ4n) is 2.28. The van der Waals surface area contributed by atoms with Crippen LogP contribution in [-0.2, 0) is 14.8 Å². The summed E-state index contributed by atoms with van der Waals surface area (Å²) in [5.41, 5.74) is 5.35. The Morgan fingerprint density at radius 1 is 1.52 bits per heavy atom. The Labute approximate surface area is 133 Å². The van der Waals surface area contributed by atoms with Crippen LogP contribution in [0, 0.1) is 5.92 Å². The number of rotatable bonds is 5. The monoisotopic (exact) mass is 351 g/mol. The second-order valence-electron chi connectivity index (χ2n) is 4.84. The lowest BCUT2D eigenvalue weighted by Crippen LogP contribution is -2.45. The summed E-state index contributed by atoms with van der Waals surface area (Å²) in [6, 6.07) is 3.06. The van der Waals surface area contributed by atoms with Crippen molar-refractivity contribution in [2.24, 2.45) is 11.7 Å². The van der Waals surface area contributed by atoms with Crippen molar-refractivity contribution < 1.29 is 13.2 Å². The summed E-state index contributed by atoms with van der Waals surface area (Å²) in [5.74, 6) is -0.458. The van der Waals surface area contributed by atoms with Gasteiger partial charge in [-0.15, -0.1) is 11.3 Å². The molecule has 1 amide bonds. The first-order valence-electron chi connectivity index (χ1n) is 6.68. The molecule has 0 aromatic carbocycles. The van der Waals surface area contributed by atoms with Crippen LogP contribution in [0.5, 0.6) is 0 Å². The third-order valence-corrected chi connectivity index (χ3v) is 6.90. The molecule has 118 valence electrons. The maximum absolute atomic E-state index is 12.5. The third kappa shape index (κ3) is 3.95. The third-order valence-electron chi connectivity index (χ3n) is 3.34. The molecule has 1 aliphatic rings. The standard InChI is InChI=1S/C12H18ClN3O3S2/c13-10-3-4-11(20-10)21(18,19)16-7-1-2-9(8-16)12(17)15-6-5-14/h3-4,9H,1-2,5-8,14H2,(H,15,17). The van der Waals surface area contributed by atoms with Gasteiger partial charge in [0.1, 0.15) is 4.21 Å². The van der Waals surface area contributed by atoms with Crippen molar-refractivity contribution in [2.45, 2.75) is 17.1 Å². The number of halogens is 1. The molecule has 1 fully saturated rings. The van der Waals surface area contributed by atoms with Crippen LogP contribution in [-0.4, -0.2) is 44.8 Å². The van der Waals surface area contributed by atoms with Gasteiger partial charge >= 0.3 is 0 Å². The zero-order valence-corrected chi connectivity index (χ0v) is 13.8. The number of piperidine rings is 1. The van der Waals surface area contributed by atoms with Gasteiger partial charge in [-0.3, -0.25) is 4.79 Å². The molecule has 1 aromatic heterocycles. The largest absolute Gasteiger partial charge is 0.355 e. The molecule has 1 unspecified atom stereocenters. The number of hydrogen-bond acceptors (Lipinski definition) is 5. The molecule has 0 bridgehead atoms. The van der Waals surface area contributed by atoms with Crippen LogP contribution < -0.4 is 11.1 Å². The maximum atomic E-state index is 12.5. The van der Waals surface area contributed by atoms with Gasteiger partial charge in [0.05, 0.1) is 10.3 Å². The molecule has 1 aromatic rings. The van der Waals surface area contributed by atoms with E-state index in [1.54, 1.807) is 6.07 Å². The summed E-state index contributed by atoms with van der Waals surface area (Å²) in [7, 11) is -3.57. The zero-order chi connectivity index (χ0) is 15.5. The van der Waals surface area contributed by atoms with Crippen LogP contribution in [0.4, 0.5) is 0 Å². The van der Waals surface area contributed by atoms with Crippen LogP contribution in [0.2, 0.25) is 4.34 Å². The highest BCUT2D eigenvalue weighted by atomic mass is 35.5. The van der Waals surface area contributed by atoms with E-state index < -0.39 is 10.0 Å². The Balaban J connectivity index is 2.08. The Kier molecular flexibility index (Phi) is 5.61. The summed E-state index contributed by atoms with van der Waals surface area (Å²) in [6.45, 7) is 1.41. The van der Waals surface area contributed by atoms with Gasteiger partial charge in [-0.05, 0) is 25.0 Å². The van der Waals surface area contributed by atoms with Gasteiger partial charge in [-0.1, -0.05) is 11.6 Å². The van der Waals surface area contributed by atoms with E-state index in [9.17, 15) is 13.2 Å². The van der Waals surface area contributed by atoms with E-state index in [0.717, 1.165) is 11.3 Å². The molecule has 21 heavy (non-hydrogen) atoms. The lowest BCUT2D eigenvalue weighted by Gasteiger charge is -2.30. The van der Waals surface area contributed by atoms with Crippen molar-refractivity contribution in [3.05, 3.63) is 16.5 Å². The number of nitrogens with two attached hydrogens (primary N) is 1. The summed E-state index contributed by atoms with van der Waals surface area (Å²) in [5, 5.41) is 2.71. The van der Waals surface area contributed by atoms with Gasteiger partial charge in [-0.25, -0.2) is 8.42 Å². The van der Waals surface area contributed by atoms with Crippen molar-refractivity contribution in [1.82, 2.24) is 9.62 Å². The van der Waals surface area contributed by atoms with Gasteiger partial charge in [0.2, 0.25) is 5.91 Å². The molecule has 2 heterocycles. The molecular formula is C12H18ClN3O3S2. The molecular weight excluding hydrogens is 334 g/mol. The maximum Gasteiger partial charge on any atom is 0.252 e. The van der Waals surface area contributed by atoms with Crippen LogP contribution in [0.25, 0.3) is 0 Å². The summed E-state index contributed by atoms with van der Waals surface area (Å²) < 4.78 is 27.0. The molecule has 6 nitrogen and oxygen atoms in total. The van der Waals surface area contributed by atoms with E-state index in [1.165, 1.54) is 10.4 Å². The number of carbonyl (C=O) groups is 1. The smallest absolute Gasteiger partial charge is 0.252 e. The lowest BCUT2D eigenvalue weighted by molar-refractivity contribution is -0.126. The van der Waals surface area contributed by atoms with Gasteiger partial charge in [0, 0.05) is 26.2 Å². The first-order chi connectivity index (χ1) is 9.95. The van der Waals surface area contributed by atoms with E-state index in [0.29, 0.717) is 36.8 Å². The Hall–Kier alpha value is -0.670. The molecule has 0 spiro atoms. The SMILES string of the molecule is NCCNC(=O)C1CCCN(S(=O)(=O)c2ccc(Cl)s2)C1. The molecule has 0 aliphatic carbocycles. The fraction of sp³-hybridized carbons (Fsp3) is 0.583. The van der Waals surface area contributed by atoms with E-state index in [4.69, 9.17) is 17.3 Å². The highest BCUT2D eigenvalue weighted by Gasteiger charge is 2.33.